The van der Waals surface area contributed by atoms with E-state index in [-0.39, 0.29) is 17.7 Å². The van der Waals surface area contributed by atoms with E-state index in [1.54, 1.807) is 18.2 Å². The molecule has 34 heavy (non-hydrogen) atoms. The van der Waals surface area contributed by atoms with E-state index in [1.807, 2.05) is 29.2 Å². The smallest absolute Gasteiger partial charge is 0.341 e. The molecule has 1 amide bonds. The summed E-state index contributed by atoms with van der Waals surface area (Å²) in [4.78, 5) is 27.0. The van der Waals surface area contributed by atoms with E-state index < -0.39 is 18.6 Å². The fraction of sp³-hybridized carbons (Fsp3) is 0.286. The molecule has 0 bridgehead atoms. The molecule has 0 spiro atoms. The zero-order chi connectivity index (χ0) is 23.8. The summed E-state index contributed by atoms with van der Waals surface area (Å²) in [6.07, 6.45) is 1.61. The fourth-order valence-corrected chi connectivity index (χ4v) is 5.27. The van der Waals surface area contributed by atoms with Gasteiger partial charge in [-0.05, 0) is 60.6 Å². The van der Waals surface area contributed by atoms with E-state index in [2.05, 4.69) is 31.2 Å². The van der Waals surface area contributed by atoms with Gasteiger partial charge in [-0.25, -0.2) is 4.79 Å². The Morgan fingerprint density at radius 1 is 1.06 bits per heavy atom. The summed E-state index contributed by atoms with van der Waals surface area (Å²) in [5.74, 6) is -0.339. The van der Waals surface area contributed by atoms with Gasteiger partial charge in [-0.2, -0.15) is 0 Å². The normalized spacial score (nSPS) is 21.0. The Morgan fingerprint density at radius 3 is 2.68 bits per heavy atom. The molecule has 1 aliphatic heterocycles. The van der Waals surface area contributed by atoms with E-state index in [1.165, 1.54) is 16.7 Å². The number of hydrogen-bond acceptors (Lipinski definition) is 3. The molecule has 1 unspecified atom stereocenters. The summed E-state index contributed by atoms with van der Waals surface area (Å²) in [5.41, 5.74) is 5.31. The number of rotatable bonds is 6. The monoisotopic (exact) mass is 475 g/mol. The van der Waals surface area contributed by atoms with Crippen LogP contribution in [0.2, 0.25) is 5.02 Å². The number of benzene rings is 3. The van der Waals surface area contributed by atoms with Crippen LogP contribution >= 0.6 is 11.6 Å². The van der Waals surface area contributed by atoms with E-state index in [0.29, 0.717) is 22.9 Å². The fourth-order valence-electron chi connectivity index (χ4n) is 5.09. The molecule has 1 fully saturated rings. The summed E-state index contributed by atoms with van der Waals surface area (Å²) in [6.45, 7) is 2.19. The van der Waals surface area contributed by atoms with Crippen LogP contribution in [0.15, 0.2) is 66.7 Å². The highest BCUT2D eigenvalue weighted by atomic mass is 35.5. The first kappa shape index (κ1) is 22.5. The highest BCUT2D eigenvalue weighted by molar-refractivity contribution is 6.30. The molecule has 1 heterocycles. The lowest BCUT2D eigenvalue weighted by atomic mass is 9.87. The maximum atomic E-state index is 13.8. The van der Waals surface area contributed by atoms with Gasteiger partial charge >= 0.3 is 5.97 Å². The van der Waals surface area contributed by atoms with Crippen molar-refractivity contribution in [3.8, 4) is 5.75 Å². The Labute approximate surface area is 203 Å². The number of carbonyl (C=O) groups is 2. The zero-order valence-corrected chi connectivity index (χ0v) is 19.7. The second-order valence-corrected chi connectivity index (χ2v) is 9.55. The average Bonchev–Trinajstić information content (AvgIpc) is 3.63. The van der Waals surface area contributed by atoms with Crippen molar-refractivity contribution in [3.63, 3.8) is 0 Å². The van der Waals surface area contributed by atoms with Crippen molar-refractivity contribution in [2.75, 3.05) is 13.2 Å². The summed E-state index contributed by atoms with van der Waals surface area (Å²) in [5, 5.41) is 9.66. The van der Waals surface area contributed by atoms with Crippen molar-refractivity contribution in [1.29, 1.82) is 0 Å². The largest absolute Gasteiger partial charge is 0.482 e. The topological polar surface area (TPSA) is 66.8 Å². The molecular formula is C28H26ClNO4. The highest BCUT2D eigenvalue weighted by Crippen LogP contribution is 2.51. The number of hydrogen-bond donors (Lipinski definition) is 1. The maximum absolute atomic E-state index is 13.8. The molecule has 1 aliphatic carbocycles. The Morgan fingerprint density at radius 2 is 1.88 bits per heavy atom. The number of aryl methyl sites for hydroxylation is 1. The predicted octanol–water partition coefficient (Wildman–Crippen LogP) is 5.39. The van der Waals surface area contributed by atoms with Crippen LogP contribution in [0.3, 0.4) is 0 Å². The number of carboxylic acid groups (broad SMARTS) is 1. The lowest BCUT2D eigenvalue weighted by Crippen LogP contribution is -2.41. The molecule has 3 atom stereocenters. The minimum Gasteiger partial charge on any atom is -0.482 e. The first-order valence-corrected chi connectivity index (χ1v) is 11.9. The van der Waals surface area contributed by atoms with Crippen molar-refractivity contribution in [3.05, 3.63) is 99.6 Å². The van der Waals surface area contributed by atoms with Crippen LogP contribution in [0.4, 0.5) is 0 Å². The number of amides is 1. The molecule has 174 valence electrons. The molecule has 0 radical (unpaired) electrons. The lowest BCUT2D eigenvalue weighted by Gasteiger charge is -2.38. The van der Waals surface area contributed by atoms with Crippen molar-refractivity contribution >= 4 is 23.5 Å². The van der Waals surface area contributed by atoms with Gasteiger partial charge in [0.2, 0.25) is 5.91 Å². The van der Waals surface area contributed by atoms with Crippen LogP contribution in [0.5, 0.6) is 5.75 Å². The van der Waals surface area contributed by atoms with Gasteiger partial charge in [0, 0.05) is 23.0 Å². The summed E-state index contributed by atoms with van der Waals surface area (Å²) in [6, 6.07) is 21.2. The van der Waals surface area contributed by atoms with Crippen LogP contribution < -0.4 is 4.74 Å². The number of halogens is 1. The molecule has 0 saturated heterocycles. The minimum absolute atomic E-state index is 0.0582. The molecule has 6 heteroatoms. The van der Waals surface area contributed by atoms with Crippen molar-refractivity contribution in [2.45, 2.75) is 31.7 Å². The quantitative estimate of drug-likeness (QED) is 0.519. The van der Waals surface area contributed by atoms with Gasteiger partial charge in [-0.3, -0.25) is 4.79 Å². The van der Waals surface area contributed by atoms with E-state index in [9.17, 15) is 9.59 Å². The Balaban J connectivity index is 1.52. The number of carboxylic acids is 1. The van der Waals surface area contributed by atoms with Gasteiger partial charge in [-0.1, -0.05) is 65.7 Å². The van der Waals surface area contributed by atoms with Gasteiger partial charge in [0.1, 0.15) is 5.75 Å². The standard InChI is InChI=1S/C28H26ClNO4/c1-17-5-4-7-19(13-17)22-15-23(22)28(33)30-12-11-18-6-2-3-8-21(18)27(30)24-14-20(29)9-10-25(24)34-16-26(31)32/h2-10,13-14,22-23,27H,11-12,15-16H2,1H3,(H,31,32)/t22-,23+,27?/m0/s1. The van der Waals surface area contributed by atoms with Crippen molar-refractivity contribution in [2.24, 2.45) is 5.92 Å². The molecule has 0 aromatic heterocycles. The first-order valence-electron chi connectivity index (χ1n) is 11.5. The molecular weight excluding hydrogens is 450 g/mol. The third kappa shape index (κ3) is 4.40. The van der Waals surface area contributed by atoms with Crippen molar-refractivity contribution in [1.82, 2.24) is 4.90 Å². The van der Waals surface area contributed by atoms with Crippen LogP contribution in [0.25, 0.3) is 0 Å². The SMILES string of the molecule is Cc1cccc([C@@H]2C[C@H]2C(=O)N2CCc3ccccc3C2c2cc(Cl)ccc2OCC(=O)O)c1. The second kappa shape index (κ2) is 9.15. The third-order valence-electron chi connectivity index (χ3n) is 6.76. The van der Waals surface area contributed by atoms with Gasteiger partial charge < -0.3 is 14.7 Å². The summed E-state index contributed by atoms with van der Waals surface area (Å²) < 4.78 is 5.63. The number of fused-ring (bicyclic) bond motifs is 1. The zero-order valence-electron chi connectivity index (χ0n) is 18.9. The Hall–Kier alpha value is -3.31. The third-order valence-corrected chi connectivity index (χ3v) is 7.00. The van der Waals surface area contributed by atoms with E-state index in [0.717, 1.165) is 18.4 Å². The van der Waals surface area contributed by atoms with Gasteiger partial charge in [0.05, 0.1) is 6.04 Å². The molecule has 2 aliphatic rings. The van der Waals surface area contributed by atoms with Crippen LogP contribution in [0, 0.1) is 12.8 Å². The van der Waals surface area contributed by atoms with Crippen LogP contribution in [-0.2, 0) is 16.0 Å². The second-order valence-electron chi connectivity index (χ2n) is 9.11. The van der Waals surface area contributed by atoms with E-state index in [4.69, 9.17) is 21.4 Å². The number of aliphatic carboxylic acids is 1. The number of nitrogens with zero attached hydrogens (tertiary/aromatic N) is 1. The van der Waals surface area contributed by atoms with Crippen molar-refractivity contribution < 1.29 is 19.4 Å². The van der Waals surface area contributed by atoms with E-state index >= 15 is 0 Å². The first-order chi connectivity index (χ1) is 16.4. The van der Waals surface area contributed by atoms with Crippen LogP contribution in [0.1, 0.15) is 46.2 Å². The van der Waals surface area contributed by atoms with Gasteiger partial charge in [0.15, 0.2) is 6.61 Å². The molecule has 1 saturated carbocycles. The minimum atomic E-state index is -1.06. The van der Waals surface area contributed by atoms with Gasteiger partial charge in [0.25, 0.3) is 0 Å². The molecule has 3 aromatic carbocycles. The van der Waals surface area contributed by atoms with Gasteiger partial charge in [-0.15, -0.1) is 0 Å². The summed E-state index contributed by atoms with van der Waals surface area (Å²) in [7, 11) is 0. The Bertz CT molecular complexity index is 1260. The molecule has 5 nitrogen and oxygen atoms in total. The molecule has 3 aromatic rings. The highest BCUT2D eigenvalue weighted by Gasteiger charge is 2.48. The Kier molecular flexibility index (Phi) is 6.05. The number of carbonyl (C=O) groups excluding carboxylic acids is 1. The molecule has 5 rings (SSSR count). The van der Waals surface area contributed by atoms with Crippen LogP contribution in [-0.4, -0.2) is 35.0 Å². The summed E-state index contributed by atoms with van der Waals surface area (Å²) >= 11 is 6.37. The lowest BCUT2D eigenvalue weighted by molar-refractivity contribution is -0.139. The molecule has 1 N–H and O–H groups in total. The average molecular weight is 476 g/mol. The number of ether oxygens (including phenoxy) is 1. The maximum Gasteiger partial charge on any atom is 0.341 e. The predicted molar refractivity (Wildman–Crippen MR) is 130 cm³/mol.